The Morgan fingerprint density at radius 2 is 1.83 bits per heavy atom. The van der Waals surface area contributed by atoms with Gasteiger partial charge in [-0.3, -0.25) is 0 Å². The third kappa shape index (κ3) is 6.43. The standard InChI is InChI=1S/C31H36F2O3/c1-3-5-6-7-21-8-9-23-18-24(11-10-22(23)17-21)25-12-14-27(28(32)19-25)31(34)36-26-13-15-30(29(33)20-26)35-16-4-2/h3-5,12-15,19-24H,2,6-11,16-18H2,1H3/b5-3+. The van der Waals surface area contributed by atoms with Crippen LogP contribution >= 0.6 is 0 Å². The van der Waals surface area contributed by atoms with Crippen molar-refractivity contribution in [2.75, 3.05) is 6.61 Å². The average Bonchev–Trinajstić information content (AvgIpc) is 2.88. The molecule has 0 amide bonds. The van der Waals surface area contributed by atoms with E-state index in [0.29, 0.717) is 11.8 Å². The maximum Gasteiger partial charge on any atom is 0.346 e. The minimum absolute atomic E-state index is 0.00780. The molecule has 0 heterocycles. The highest BCUT2D eigenvalue weighted by molar-refractivity contribution is 5.91. The topological polar surface area (TPSA) is 35.5 Å². The summed E-state index contributed by atoms with van der Waals surface area (Å²) in [5, 5.41) is 0. The van der Waals surface area contributed by atoms with Gasteiger partial charge in [-0.25, -0.2) is 13.6 Å². The predicted molar refractivity (Wildman–Crippen MR) is 138 cm³/mol. The lowest BCUT2D eigenvalue weighted by Gasteiger charge is -2.42. The zero-order valence-electron chi connectivity index (χ0n) is 21.1. The molecular weight excluding hydrogens is 458 g/mol. The summed E-state index contributed by atoms with van der Waals surface area (Å²) in [7, 11) is 0. The van der Waals surface area contributed by atoms with Gasteiger partial charge in [-0.2, -0.15) is 0 Å². The lowest BCUT2D eigenvalue weighted by Crippen LogP contribution is -2.30. The van der Waals surface area contributed by atoms with Crippen LogP contribution in [0.25, 0.3) is 0 Å². The average molecular weight is 495 g/mol. The van der Waals surface area contributed by atoms with Crippen LogP contribution in [-0.4, -0.2) is 12.6 Å². The molecule has 3 nitrogen and oxygen atoms in total. The van der Waals surface area contributed by atoms with Gasteiger partial charge < -0.3 is 9.47 Å². The van der Waals surface area contributed by atoms with E-state index in [-0.39, 0.29) is 23.7 Å². The van der Waals surface area contributed by atoms with Gasteiger partial charge in [0.05, 0.1) is 5.56 Å². The van der Waals surface area contributed by atoms with E-state index >= 15 is 0 Å². The van der Waals surface area contributed by atoms with Crippen molar-refractivity contribution >= 4 is 5.97 Å². The number of allylic oxidation sites excluding steroid dienone is 2. The van der Waals surface area contributed by atoms with Crippen molar-refractivity contribution in [2.24, 2.45) is 17.8 Å². The number of benzene rings is 2. The molecule has 0 bridgehead atoms. The number of esters is 1. The molecule has 0 aliphatic heterocycles. The molecule has 2 aliphatic rings. The summed E-state index contributed by atoms with van der Waals surface area (Å²) in [6, 6.07) is 8.66. The van der Waals surface area contributed by atoms with Crippen LogP contribution in [0, 0.1) is 29.4 Å². The fraction of sp³-hybridized carbons (Fsp3) is 0.452. The Morgan fingerprint density at radius 3 is 2.58 bits per heavy atom. The molecule has 2 fully saturated rings. The van der Waals surface area contributed by atoms with Gasteiger partial charge in [-0.05, 0) is 105 Å². The number of ether oxygens (including phenoxy) is 2. The first-order chi connectivity index (χ1) is 17.5. The number of hydrogen-bond donors (Lipinski definition) is 0. The second-order valence-corrected chi connectivity index (χ2v) is 10.2. The van der Waals surface area contributed by atoms with Crippen LogP contribution in [0.2, 0.25) is 0 Å². The highest BCUT2D eigenvalue weighted by Gasteiger charge is 2.36. The second-order valence-electron chi connectivity index (χ2n) is 10.2. The number of hydrogen-bond acceptors (Lipinski definition) is 3. The molecule has 0 aromatic heterocycles. The van der Waals surface area contributed by atoms with Gasteiger partial charge in [0.25, 0.3) is 0 Å². The van der Waals surface area contributed by atoms with Gasteiger partial charge in [-0.1, -0.05) is 37.3 Å². The maximum absolute atomic E-state index is 15.0. The number of carbonyl (C=O) groups is 1. The lowest BCUT2D eigenvalue weighted by atomic mass is 9.63. The number of fused-ring (bicyclic) bond motifs is 1. The monoisotopic (exact) mass is 494 g/mol. The third-order valence-corrected chi connectivity index (χ3v) is 7.85. The Hall–Kier alpha value is -2.95. The lowest BCUT2D eigenvalue weighted by molar-refractivity contribution is 0.0729. The minimum atomic E-state index is -0.849. The molecule has 2 aliphatic carbocycles. The van der Waals surface area contributed by atoms with Crippen molar-refractivity contribution in [3.8, 4) is 11.5 Å². The van der Waals surface area contributed by atoms with E-state index in [1.807, 2.05) is 6.07 Å². The first-order valence-electron chi connectivity index (χ1n) is 13.1. The molecule has 4 rings (SSSR count). The van der Waals surface area contributed by atoms with Gasteiger partial charge in [0.2, 0.25) is 0 Å². The molecule has 4 unspecified atom stereocenters. The van der Waals surface area contributed by atoms with Crippen LogP contribution < -0.4 is 9.47 Å². The van der Waals surface area contributed by atoms with Crippen LogP contribution in [0.3, 0.4) is 0 Å². The van der Waals surface area contributed by atoms with E-state index < -0.39 is 17.6 Å². The molecule has 0 N–H and O–H groups in total. The summed E-state index contributed by atoms with van der Waals surface area (Å²) in [6.45, 7) is 5.76. The van der Waals surface area contributed by atoms with Crippen molar-refractivity contribution in [1.29, 1.82) is 0 Å². The van der Waals surface area contributed by atoms with Gasteiger partial charge >= 0.3 is 5.97 Å². The second kappa shape index (κ2) is 12.3. The van der Waals surface area contributed by atoms with Crippen molar-refractivity contribution in [2.45, 2.75) is 64.2 Å². The van der Waals surface area contributed by atoms with Crippen LogP contribution in [0.15, 0.2) is 61.2 Å². The zero-order valence-corrected chi connectivity index (χ0v) is 21.1. The first kappa shape index (κ1) is 26.1. The van der Waals surface area contributed by atoms with Crippen LogP contribution in [0.5, 0.6) is 11.5 Å². The van der Waals surface area contributed by atoms with Gasteiger partial charge in [-0.15, -0.1) is 0 Å². The fourth-order valence-electron chi connectivity index (χ4n) is 5.97. The molecular formula is C31H36F2O3. The highest BCUT2D eigenvalue weighted by Crippen LogP contribution is 2.48. The molecule has 2 saturated carbocycles. The van der Waals surface area contributed by atoms with Crippen molar-refractivity contribution in [3.05, 3.63) is 84.0 Å². The third-order valence-electron chi connectivity index (χ3n) is 7.85. The maximum atomic E-state index is 15.0. The van der Waals surface area contributed by atoms with E-state index in [2.05, 4.69) is 25.7 Å². The Balaban J connectivity index is 1.35. The molecule has 2 aromatic rings. The molecule has 0 spiro atoms. The van der Waals surface area contributed by atoms with Crippen molar-refractivity contribution in [3.63, 3.8) is 0 Å². The van der Waals surface area contributed by atoms with Crippen LogP contribution in [0.1, 0.15) is 80.1 Å². The summed E-state index contributed by atoms with van der Waals surface area (Å²) in [6.07, 6.45) is 15.6. The largest absolute Gasteiger partial charge is 0.486 e. The molecule has 4 atom stereocenters. The Morgan fingerprint density at radius 1 is 1.03 bits per heavy atom. The van der Waals surface area contributed by atoms with E-state index in [4.69, 9.17) is 9.47 Å². The quantitative estimate of drug-likeness (QED) is 0.199. The Labute approximate surface area is 213 Å². The minimum Gasteiger partial charge on any atom is -0.486 e. The SMILES string of the molecule is C=CCOc1ccc(OC(=O)c2ccc(C3CCC4CC(CC/C=C/C)CCC4C3)cc2F)cc1F. The summed E-state index contributed by atoms with van der Waals surface area (Å²) in [4.78, 5) is 12.6. The molecule has 36 heavy (non-hydrogen) atoms. The van der Waals surface area contributed by atoms with Gasteiger partial charge in [0, 0.05) is 6.07 Å². The fourth-order valence-corrected chi connectivity index (χ4v) is 5.97. The Bertz CT molecular complexity index is 1090. The van der Waals surface area contributed by atoms with Crippen molar-refractivity contribution in [1.82, 2.24) is 0 Å². The van der Waals surface area contributed by atoms with Crippen LogP contribution in [-0.2, 0) is 0 Å². The van der Waals surface area contributed by atoms with E-state index in [1.54, 1.807) is 0 Å². The predicted octanol–water partition coefficient (Wildman–Crippen LogP) is 8.41. The molecule has 0 saturated heterocycles. The highest BCUT2D eigenvalue weighted by atomic mass is 19.1. The summed E-state index contributed by atoms with van der Waals surface area (Å²) < 4.78 is 39.5. The van der Waals surface area contributed by atoms with Crippen LogP contribution in [0.4, 0.5) is 8.78 Å². The zero-order chi connectivity index (χ0) is 25.5. The number of rotatable bonds is 9. The first-order valence-corrected chi connectivity index (χ1v) is 13.1. The van der Waals surface area contributed by atoms with E-state index in [0.717, 1.165) is 36.3 Å². The molecule has 2 aromatic carbocycles. The summed E-state index contributed by atoms with van der Waals surface area (Å²) in [5.74, 6) is 0.570. The van der Waals surface area contributed by atoms with E-state index in [1.165, 1.54) is 68.9 Å². The summed E-state index contributed by atoms with van der Waals surface area (Å²) in [5.41, 5.74) is 0.800. The normalized spacial score (nSPS) is 23.8. The Kier molecular flexibility index (Phi) is 8.95. The molecule has 0 radical (unpaired) electrons. The van der Waals surface area contributed by atoms with Crippen molar-refractivity contribution < 1.29 is 23.0 Å². The number of halogens is 2. The number of carbonyl (C=O) groups excluding carboxylic acids is 1. The molecule has 192 valence electrons. The smallest absolute Gasteiger partial charge is 0.346 e. The summed E-state index contributed by atoms with van der Waals surface area (Å²) >= 11 is 0. The van der Waals surface area contributed by atoms with Gasteiger partial charge in [0.15, 0.2) is 11.6 Å². The molecule has 5 heteroatoms. The van der Waals surface area contributed by atoms with Gasteiger partial charge in [0.1, 0.15) is 18.2 Å². The van der Waals surface area contributed by atoms with E-state index in [9.17, 15) is 13.6 Å².